The van der Waals surface area contributed by atoms with Gasteiger partial charge in [-0.3, -0.25) is 4.68 Å². The van der Waals surface area contributed by atoms with Crippen molar-refractivity contribution in [1.82, 2.24) is 15.1 Å². The molecule has 2 aromatic rings. The van der Waals surface area contributed by atoms with E-state index in [0.717, 1.165) is 13.1 Å². The molecule has 1 saturated carbocycles. The summed E-state index contributed by atoms with van der Waals surface area (Å²) < 4.78 is 14.3. The van der Waals surface area contributed by atoms with E-state index in [2.05, 4.69) is 34.2 Å². The van der Waals surface area contributed by atoms with Crippen LogP contribution in [0.4, 0.5) is 0 Å². The minimum absolute atomic E-state index is 0.0663. The van der Waals surface area contributed by atoms with Gasteiger partial charge in [-0.2, -0.15) is 5.10 Å². The Morgan fingerprint density at radius 3 is 2.79 bits per heavy atom. The highest BCUT2D eigenvalue weighted by atomic mass is 16.5. The first-order valence-electron chi connectivity index (χ1n) is 8.85. The molecule has 1 aliphatic carbocycles. The Labute approximate surface area is 143 Å². The summed E-state index contributed by atoms with van der Waals surface area (Å²) in [4.78, 5) is 0. The minimum atomic E-state index is 0.0663. The summed E-state index contributed by atoms with van der Waals surface area (Å²) >= 11 is 0. The summed E-state index contributed by atoms with van der Waals surface area (Å²) in [6.45, 7) is 5.06. The molecule has 2 atom stereocenters. The van der Waals surface area contributed by atoms with Crippen LogP contribution in [0, 0.1) is 0 Å². The summed E-state index contributed by atoms with van der Waals surface area (Å²) in [6.07, 6.45) is 4.70. The van der Waals surface area contributed by atoms with Crippen molar-refractivity contribution in [3.63, 3.8) is 0 Å². The summed E-state index contributed by atoms with van der Waals surface area (Å²) in [5.41, 5.74) is 3.55. The molecule has 128 valence electrons. The zero-order valence-corrected chi connectivity index (χ0v) is 14.1. The lowest BCUT2D eigenvalue weighted by Gasteiger charge is -2.29. The second-order valence-corrected chi connectivity index (χ2v) is 6.79. The van der Waals surface area contributed by atoms with Gasteiger partial charge in [-0.05, 0) is 25.3 Å². The summed E-state index contributed by atoms with van der Waals surface area (Å²) in [7, 11) is 0. The summed E-state index contributed by atoms with van der Waals surface area (Å²) in [5, 5.41) is 8.08. The molecular formula is C19H25N3O2. The normalized spacial score (nSPS) is 24.2. The largest absolute Gasteiger partial charge is 0.370 e. The molecule has 1 aromatic heterocycles. The Hall–Kier alpha value is -1.69. The van der Waals surface area contributed by atoms with Gasteiger partial charge in [0.25, 0.3) is 0 Å². The van der Waals surface area contributed by atoms with Crippen molar-refractivity contribution in [2.75, 3.05) is 13.1 Å². The fourth-order valence-electron chi connectivity index (χ4n) is 3.27. The second kappa shape index (κ2) is 7.05. The third kappa shape index (κ3) is 3.53. The molecule has 1 aromatic carbocycles. The molecule has 5 nitrogen and oxygen atoms in total. The van der Waals surface area contributed by atoms with Crippen LogP contribution in [0.25, 0.3) is 0 Å². The number of aromatic nitrogens is 2. The Bertz CT molecular complexity index is 667. The highest BCUT2D eigenvalue weighted by Gasteiger charge is 2.31. The molecule has 1 N–H and O–H groups in total. The zero-order valence-electron chi connectivity index (χ0n) is 14.1. The maximum atomic E-state index is 6.12. The standard InChI is InChI=1S/C19H25N3O2/c1-14-9-20-11-19(24-14)17-10-21-22(16-7-8-16)18(17)13-23-12-15-5-3-2-4-6-15/h2-6,10,14,16,19-20H,7-9,11-13H2,1H3/t14-,19-/m1/s1. The van der Waals surface area contributed by atoms with Crippen molar-refractivity contribution in [3.8, 4) is 0 Å². The molecule has 0 amide bonds. The lowest BCUT2D eigenvalue weighted by Crippen LogP contribution is -2.39. The molecule has 2 heterocycles. The van der Waals surface area contributed by atoms with Crippen molar-refractivity contribution >= 4 is 0 Å². The van der Waals surface area contributed by atoms with Crippen molar-refractivity contribution in [2.24, 2.45) is 0 Å². The van der Waals surface area contributed by atoms with Crippen LogP contribution < -0.4 is 5.32 Å². The SMILES string of the molecule is C[C@@H]1CNC[C@H](c2cnn(C3CC3)c2COCc2ccccc2)O1. The van der Waals surface area contributed by atoms with E-state index in [9.17, 15) is 0 Å². The molecule has 1 aliphatic heterocycles. The van der Waals surface area contributed by atoms with E-state index < -0.39 is 0 Å². The first kappa shape index (κ1) is 15.8. The quantitative estimate of drug-likeness (QED) is 0.886. The third-order valence-electron chi connectivity index (χ3n) is 4.68. The number of nitrogens with zero attached hydrogens (tertiary/aromatic N) is 2. The average Bonchev–Trinajstić information content (AvgIpc) is 3.36. The van der Waals surface area contributed by atoms with Crippen LogP contribution in [0.3, 0.4) is 0 Å². The van der Waals surface area contributed by atoms with Gasteiger partial charge in [0.05, 0.1) is 43.4 Å². The number of rotatable bonds is 6. The predicted molar refractivity (Wildman–Crippen MR) is 91.6 cm³/mol. The van der Waals surface area contributed by atoms with Crippen molar-refractivity contribution in [3.05, 3.63) is 53.3 Å². The molecular weight excluding hydrogens is 302 g/mol. The molecule has 0 spiro atoms. The number of hydrogen-bond acceptors (Lipinski definition) is 4. The van der Waals surface area contributed by atoms with Gasteiger partial charge >= 0.3 is 0 Å². The number of nitrogens with one attached hydrogen (secondary N) is 1. The topological polar surface area (TPSA) is 48.3 Å². The van der Waals surface area contributed by atoms with Crippen LogP contribution in [0.1, 0.15) is 48.7 Å². The van der Waals surface area contributed by atoms with Crippen LogP contribution >= 0.6 is 0 Å². The summed E-state index contributed by atoms with van der Waals surface area (Å²) in [5.74, 6) is 0. The summed E-state index contributed by atoms with van der Waals surface area (Å²) in [6, 6.07) is 10.8. The lowest BCUT2D eigenvalue weighted by molar-refractivity contribution is -0.0301. The van der Waals surface area contributed by atoms with E-state index in [1.807, 2.05) is 24.4 Å². The van der Waals surface area contributed by atoms with Crippen LogP contribution in [-0.2, 0) is 22.7 Å². The van der Waals surface area contributed by atoms with E-state index >= 15 is 0 Å². The molecule has 5 heteroatoms. The van der Waals surface area contributed by atoms with Gasteiger partial charge in [-0.15, -0.1) is 0 Å². The molecule has 0 radical (unpaired) electrons. The Kier molecular flexibility index (Phi) is 4.65. The van der Waals surface area contributed by atoms with Gasteiger partial charge in [0.1, 0.15) is 0 Å². The van der Waals surface area contributed by atoms with Gasteiger partial charge in [-0.1, -0.05) is 30.3 Å². The monoisotopic (exact) mass is 327 g/mol. The Morgan fingerprint density at radius 2 is 2.04 bits per heavy atom. The van der Waals surface area contributed by atoms with Crippen LogP contribution in [0.5, 0.6) is 0 Å². The molecule has 2 aliphatic rings. The van der Waals surface area contributed by atoms with Gasteiger partial charge < -0.3 is 14.8 Å². The van der Waals surface area contributed by atoms with Gasteiger partial charge in [0.2, 0.25) is 0 Å². The fraction of sp³-hybridized carbons (Fsp3) is 0.526. The van der Waals surface area contributed by atoms with E-state index in [4.69, 9.17) is 9.47 Å². The van der Waals surface area contributed by atoms with Gasteiger partial charge in [0, 0.05) is 18.7 Å². The third-order valence-corrected chi connectivity index (χ3v) is 4.68. The first-order valence-corrected chi connectivity index (χ1v) is 8.85. The maximum Gasteiger partial charge on any atom is 0.0987 e. The smallest absolute Gasteiger partial charge is 0.0987 e. The predicted octanol–water partition coefficient (Wildman–Crippen LogP) is 2.98. The van der Waals surface area contributed by atoms with Crippen molar-refractivity contribution < 1.29 is 9.47 Å². The molecule has 0 bridgehead atoms. The molecule has 4 rings (SSSR count). The second-order valence-electron chi connectivity index (χ2n) is 6.79. The zero-order chi connectivity index (χ0) is 16.4. The van der Waals surface area contributed by atoms with Crippen molar-refractivity contribution in [1.29, 1.82) is 0 Å². The average molecular weight is 327 g/mol. The van der Waals surface area contributed by atoms with Crippen LogP contribution in [0.15, 0.2) is 36.5 Å². The molecule has 0 unspecified atom stereocenters. The van der Waals surface area contributed by atoms with E-state index in [1.165, 1.54) is 29.7 Å². The molecule has 24 heavy (non-hydrogen) atoms. The molecule has 2 fully saturated rings. The number of morpholine rings is 1. The number of hydrogen-bond donors (Lipinski definition) is 1. The lowest BCUT2D eigenvalue weighted by atomic mass is 10.1. The van der Waals surface area contributed by atoms with E-state index in [0.29, 0.717) is 19.3 Å². The molecule has 1 saturated heterocycles. The first-order chi connectivity index (χ1) is 11.8. The van der Waals surface area contributed by atoms with Crippen LogP contribution in [-0.4, -0.2) is 29.0 Å². The van der Waals surface area contributed by atoms with Gasteiger partial charge in [-0.25, -0.2) is 0 Å². The Balaban J connectivity index is 1.48. The number of benzene rings is 1. The highest BCUT2D eigenvalue weighted by molar-refractivity contribution is 5.23. The van der Waals surface area contributed by atoms with Gasteiger partial charge in [0.15, 0.2) is 0 Å². The minimum Gasteiger partial charge on any atom is -0.370 e. The van der Waals surface area contributed by atoms with Crippen LogP contribution in [0.2, 0.25) is 0 Å². The number of ether oxygens (including phenoxy) is 2. The van der Waals surface area contributed by atoms with E-state index in [-0.39, 0.29) is 12.2 Å². The highest BCUT2D eigenvalue weighted by Crippen LogP contribution is 2.37. The Morgan fingerprint density at radius 1 is 1.21 bits per heavy atom. The van der Waals surface area contributed by atoms with Crippen molar-refractivity contribution in [2.45, 2.75) is 51.2 Å². The van der Waals surface area contributed by atoms with E-state index in [1.54, 1.807) is 0 Å². The fourth-order valence-corrected chi connectivity index (χ4v) is 3.27. The maximum absolute atomic E-state index is 6.12.